The van der Waals surface area contributed by atoms with Gasteiger partial charge in [0.2, 0.25) is 0 Å². The highest BCUT2D eigenvalue weighted by Crippen LogP contribution is 2.37. The van der Waals surface area contributed by atoms with Gasteiger partial charge in [-0.1, -0.05) is 18.2 Å². The lowest BCUT2D eigenvalue weighted by Gasteiger charge is -2.18. The number of alkyl halides is 3. The highest BCUT2D eigenvalue weighted by molar-refractivity contribution is 5.80. The van der Waals surface area contributed by atoms with Crippen molar-refractivity contribution < 1.29 is 27.4 Å². The van der Waals surface area contributed by atoms with Gasteiger partial charge in [0.1, 0.15) is 29.5 Å². The Morgan fingerprint density at radius 3 is 2.79 bits per heavy atom. The normalized spacial score (nSPS) is 19.0. The Balaban J connectivity index is 1.35. The van der Waals surface area contributed by atoms with E-state index in [0.717, 1.165) is 46.7 Å². The lowest BCUT2D eigenvalue weighted by Crippen LogP contribution is -2.17. The average Bonchev–Trinajstić information content (AvgIpc) is 3.59. The SMILES string of the molecule is Cc1c(CNc2ccc3c(c2)O[C@H](C)[CH]3)cccc1-n1c(C2CCCO2)nc2cc(OC(F)(F)F)ccc21. The summed E-state index contributed by atoms with van der Waals surface area (Å²) in [5, 5.41) is 3.49. The molecule has 2 atom stereocenters. The summed E-state index contributed by atoms with van der Waals surface area (Å²) in [6, 6.07) is 16.4. The highest BCUT2D eigenvalue weighted by Gasteiger charge is 2.32. The number of fused-ring (bicyclic) bond motifs is 2. The summed E-state index contributed by atoms with van der Waals surface area (Å²) in [5.74, 6) is 1.25. The largest absolute Gasteiger partial charge is 0.573 e. The first-order valence-corrected chi connectivity index (χ1v) is 12.6. The van der Waals surface area contributed by atoms with Crippen molar-refractivity contribution in [1.29, 1.82) is 0 Å². The van der Waals surface area contributed by atoms with Crippen molar-refractivity contribution in [2.45, 2.75) is 51.8 Å². The smallest absolute Gasteiger partial charge is 0.490 e. The maximum absolute atomic E-state index is 12.8. The fourth-order valence-electron chi connectivity index (χ4n) is 5.20. The fourth-order valence-corrected chi connectivity index (χ4v) is 5.20. The fraction of sp³-hybridized carbons (Fsp3) is 0.310. The van der Waals surface area contributed by atoms with E-state index in [4.69, 9.17) is 14.5 Å². The van der Waals surface area contributed by atoms with Crippen molar-refractivity contribution in [2.24, 2.45) is 0 Å². The van der Waals surface area contributed by atoms with E-state index in [2.05, 4.69) is 22.5 Å². The molecule has 1 N–H and O–H groups in total. The Hall–Kier alpha value is -3.72. The Morgan fingerprint density at radius 1 is 1.13 bits per heavy atom. The maximum Gasteiger partial charge on any atom is 0.573 e. The van der Waals surface area contributed by atoms with Gasteiger partial charge in [-0.25, -0.2) is 4.98 Å². The molecule has 0 aliphatic carbocycles. The molecule has 2 aliphatic rings. The summed E-state index contributed by atoms with van der Waals surface area (Å²) in [4.78, 5) is 4.72. The van der Waals surface area contributed by atoms with Gasteiger partial charge < -0.3 is 19.5 Å². The van der Waals surface area contributed by atoms with E-state index >= 15 is 0 Å². The van der Waals surface area contributed by atoms with Crippen LogP contribution in [0.4, 0.5) is 18.9 Å². The number of benzene rings is 3. The van der Waals surface area contributed by atoms with Gasteiger partial charge in [-0.05, 0) is 62.1 Å². The first-order valence-electron chi connectivity index (χ1n) is 12.6. The number of ether oxygens (including phenoxy) is 3. The number of nitrogens with zero attached hydrogens (tertiary/aromatic N) is 2. The minimum atomic E-state index is -4.77. The molecular formula is C29H27F3N3O3. The summed E-state index contributed by atoms with van der Waals surface area (Å²) >= 11 is 0. The minimum Gasteiger partial charge on any atom is -0.490 e. The van der Waals surface area contributed by atoms with Crippen LogP contribution < -0.4 is 14.8 Å². The predicted molar refractivity (Wildman–Crippen MR) is 138 cm³/mol. The van der Waals surface area contributed by atoms with Gasteiger partial charge in [0.15, 0.2) is 0 Å². The molecule has 4 aromatic rings. The van der Waals surface area contributed by atoms with Crippen LogP contribution in [0, 0.1) is 13.3 Å². The molecule has 1 saturated heterocycles. The Labute approximate surface area is 218 Å². The summed E-state index contributed by atoms with van der Waals surface area (Å²) in [5.41, 5.74) is 6.20. The summed E-state index contributed by atoms with van der Waals surface area (Å²) in [6.07, 6.45) is -1.15. The maximum atomic E-state index is 12.8. The number of aromatic nitrogens is 2. The van der Waals surface area contributed by atoms with Gasteiger partial charge in [-0.3, -0.25) is 4.57 Å². The second-order valence-corrected chi connectivity index (χ2v) is 9.66. The topological polar surface area (TPSA) is 57.5 Å². The highest BCUT2D eigenvalue weighted by atomic mass is 19.4. The van der Waals surface area contributed by atoms with Crippen LogP contribution in [0.15, 0.2) is 54.6 Å². The number of imidazole rings is 1. The van der Waals surface area contributed by atoms with E-state index in [9.17, 15) is 13.2 Å². The molecular weight excluding hydrogens is 495 g/mol. The molecule has 0 amide bonds. The van der Waals surface area contributed by atoms with E-state index in [1.165, 1.54) is 12.1 Å². The van der Waals surface area contributed by atoms with Crippen molar-refractivity contribution in [3.8, 4) is 17.2 Å². The van der Waals surface area contributed by atoms with Crippen LogP contribution >= 0.6 is 0 Å². The first-order chi connectivity index (χ1) is 18.2. The number of hydrogen-bond donors (Lipinski definition) is 1. The zero-order valence-corrected chi connectivity index (χ0v) is 21.0. The molecule has 38 heavy (non-hydrogen) atoms. The molecule has 0 spiro atoms. The zero-order chi connectivity index (χ0) is 26.4. The lowest BCUT2D eigenvalue weighted by molar-refractivity contribution is -0.274. The zero-order valence-electron chi connectivity index (χ0n) is 21.0. The van der Waals surface area contributed by atoms with Crippen LogP contribution in [-0.2, 0) is 11.3 Å². The van der Waals surface area contributed by atoms with Crippen LogP contribution in [0.5, 0.6) is 11.5 Å². The van der Waals surface area contributed by atoms with Crippen molar-refractivity contribution in [3.05, 3.63) is 83.5 Å². The monoisotopic (exact) mass is 522 g/mol. The van der Waals surface area contributed by atoms with E-state index < -0.39 is 6.36 Å². The number of rotatable bonds is 6. The summed E-state index contributed by atoms with van der Waals surface area (Å²) < 4.78 is 56.4. The number of nitrogens with one attached hydrogen (secondary N) is 1. The van der Waals surface area contributed by atoms with E-state index in [-0.39, 0.29) is 18.0 Å². The van der Waals surface area contributed by atoms with Crippen LogP contribution in [0.3, 0.4) is 0 Å². The van der Waals surface area contributed by atoms with Crippen LogP contribution in [0.1, 0.15) is 48.4 Å². The van der Waals surface area contributed by atoms with Gasteiger partial charge in [-0.15, -0.1) is 13.2 Å². The molecule has 0 bridgehead atoms. The molecule has 0 saturated carbocycles. The quantitative estimate of drug-likeness (QED) is 0.295. The molecule has 3 aromatic carbocycles. The van der Waals surface area contributed by atoms with E-state index in [1.807, 2.05) is 48.7 Å². The molecule has 197 valence electrons. The Morgan fingerprint density at radius 2 is 2.00 bits per heavy atom. The standard InChI is InChI=1S/C29H27F3N3O3/c1-17-13-19-8-9-21(14-27(19)37-17)33-16-20-5-3-6-24(18(20)2)35-25-11-10-22(38-29(30,31)32)15-23(25)34-28(35)26-7-4-12-36-26/h3,5-6,8-11,13-15,17,26,33H,4,7,12,16H2,1-2H3/t17-,26?/m1/s1. The van der Waals surface area contributed by atoms with Gasteiger partial charge >= 0.3 is 6.36 Å². The molecule has 1 aromatic heterocycles. The van der Waals surface area contributed by atoms with Gasteiger partial charge in [0, 0.05) is 43.0 Å². The second kappa shape index (κ2) is 9.54. The van der Waals surface area contributed by atoms with Crippen molar-refractivity contribution in [3.63, 3.8) is 0 Å². The number of anilines is 1. The van der Waals surface area contributed by atoms with Crippen molar-refractivity contribution in [1.82, 2.24) is 9.55 Å². The molecule has 2 aliphatic heterocycles. The Kier molecular flexibility index (Phi) is 6.18. The number of halogens is 3. The van der Waals surface area contributed by atoms with Crippen molar-refractivity contribution in [2.75, 3.05) is 11.9 Å². The average molecular weight is 523 g/mol. The second-order valence-electron chi connectivity index (χ2n) is 9.66. The molecule has 1 unspecified atom stereocenters. The molecule has 1 fully saturated rings. The van der Waals surface area contributed by atoms with Crippen molar-refractivity contribution >= 4 is 16.7 Å². The Bertz CT molecular complexity index is 1490. The molecule has 1 radical (unpaired) electrons. The predicted octanol–water partition coefficient (Wildman–Crippen LogP) is 7.03. The van der Waals surface area contributed by atoms with E-state index in [1.54, 1.807) is 6.07 Å². The molecule has 9 heteroatoms. The summed E-state index contributed by atoms with van der Waals surface area (Å²) in [7, 11) is 0. The third-order valence-electron chi connectivity index (χ3n) is 6.99. The van der Waals surface area contributed by atoms with Gasteiger partial charge in [-0.2, -0.15) is 0 Å². The van der Waals surface area contributed by atoms with E-state index in [0.29, 0.717) is 30.0 Å². The number of hydrogen-bond acceptors (Lipinski definition) is 5. The lowest BCUT2D eigenvalue weighted by atomic mass is 10.1. The first kappa shape index (κ1) is 24.6. The minimum absolute atomic E-state index is 0.0679. The molecule has 6 rings (SSSR count). The summed E-state index contributed by atoms with van der Waals surface area (Å²) in [6.45, 7) is 5.27. The third-order valence-corrected chi connectivity index (χ3v) is 6.99. The molecule has 3 heterocycles. The van der Waals surface area contributed by atoms with Crippen LogP contribution in [0.2, 0.25) is 0 Å². The van der Waals surface area contributed by atoms with Crippen LogP contribution in [0.25, 0.3) is 16.7 Å². The third kappa shape index (κ3) is 4.78. The van der Waals surface area contributed by atoms with Gasteiger partial charge in [0.05, 0.1) is 16.7 Å². The van der Waals surface area contributed by atoms with Gasteiger partial charge in [0.25, 0.3) is 0 Å². The van der Waals surface area contributed by atoms with Crippen LogP contribution in [-0.4, -0.2) is 28.6 Å². The molecule has 6 nitrogen and oxygen atoms in total.